The molecule has 0 radical (unpaired) electrons. The minimum atomic E-state index is 0. The van der Waals surface area contributed by atoms with Crippen molar-refractivity contribution >= 4 is 18.3 Å². The van der Waals surface area contributed by atoms with Crippen molar-refractivity contribution in [1.29, 1.82) is 0 Å². The lowest BCUT2D eigenvalue weighted by Gasteiger charge is -2.29. The van der Waals surface area contributed by atoms with E-state index in [2.05, 4.69) is 10.7 Å². The van der Waals surface area contributed by atoms with E-state index < -0.39 is 0 Å². The molecular weight excluding hydrogens is 178 g/mol. The van der Waals surface area contributed by atoms with Crippen molar-refractivity contribution in [3.8, 4) is 0 Å². The van der Waals surface area contributed by atoms with E-state index in [4.69, 9.17) is 0 Å². The molecule has 0 saturated carbocycles. The van der Waals surface area contributed by atoms with Gasteiger partial charge in [0.25, 0.3) is 0 Å². The molecule has 0 aromatic rings. The molecule has 2 fully saturated rings. The van der Waals surface area contributed by atoms with Gasteiger partial charge in [0.05, 0.1) is 5.92 Å². The van der Waals surface area contributed by atoms with E-state index in [1.807, 2.05) is 0 Å². The molecule has 4 nitrogen and oxygen atoms in total. The molecule has 1 amide bonds. The van der Waals surface area contributed by atoms with Crippen molar-refractivity contribution in [3.63, 3.8) is 0 Å². The number of hydrogen-bond acceptors (Lipinski definition) is 3. The Kier molecular flexibility index (Phi) is 3.31. The van der Waals surface area contributed by atoms with Crippen molar-refractivity contribution in [2.45, 2.75) is 6.42 Å². The average molecular weight is 192 g/mol. The third-order valence-corrected chi connectivity index (χ3v) is 2.26. The molecule has 2 aliphatic heterocycles. The number of rotatable bonds is 1. The van der Waals surface area contributed by atoms with Gasteiger partial charge in [-0.3, -0.25) is 9.80 Å². The maximum atomic E-state index is 11.5. The van der Waals surface area contributed by atoms with Crippen LogP contribution >= 0.6 is 12.4 Å². The summed E-state index contributed by atoms with van der Waals surface area (Å²) in [6.45, 7) is 3.55. The predicted octanol–water partition coefficient (Wildman–Crippen LogP) is -0.635. The third-order valence-electron chi connectivity index (χ3n) is 2.26. The topological polar surface area (TPSA) is 44.4 Å². The van der Waals surface area contributed by atoms with Crippen LogP contribution in [0.1, 0.15) is 6.42 Å². The first kappa shape index (κ1) is 9.77. The van der Waals surface area contributed by atoms with Crippen LogP contribution in [-0.4, -0.2) is 37.1 Å². The molecular formula is C7H14ClN3O. The van der Waals surface area contributed by atoms with Gasteiger partial charge in [-0.25, -0.2) is 5.43 Å². The maximum absolute atomic E-state index is 11.5. The van der Waals surface area contributed by atoms with Gasteiger partial charge < -0.3 is 5.32 Å². The summed E-state index contributed by atoms with van der Waals surface area (Å²) in [5.74, 6) is 0.502. The quantitative estimate of drug-likeness (QED) is 0.580. The van der Waals surface area contributed by atoms with Crippen molar-refractivity contribution in [1.82, 2.24) is 15.8 Å². The SMILES string of the molecule is Cl.O=C(C1CNC1)N1CCCN1. The minimum absolute atomic E-state index is 0. The van der Waals surface area contributed by atoms with E-state index in [0.717, 1.165) is 32.6 Å². The highest BCUT2D eigenvalue weighted by Gasteiger charge is 2.30. The molecule has 12 heavy (non-hydrogen) atoms. The van der Waals surface area contributed by atoms with Gasteiger partial charge in [0.2, 0.25) is 5.91 Å². The number of amides is 1. The van der Waals surface area contributed by atoms with Crippen LogP contribution in [0.3, 0.4) is 0 Å². The number of hydrogen-bond donors (Lipinski definition) is 2. The number of carbonyl (C=O) groups is 1. The van der Waals surface area contributed by atoms with Gasteiger partial charge in [0.1, 0.15) is 0 Å². The lowest BCUT2D eigenvalue weighted by molar-refractivity contribution is -0.138. The minimum Gasteiger partial charge on any atom is -0.315 e. The maximum Gasteiger partial charge on any atom is 0.242 e. The standard InChI is InChI=1S/C7H13N3O.ClH/c11-7(6-4-8-5-6)10-3-1-2-9-10;/h6,8-9H,1-5H2;1H. The Morgan fingerprint density at radius 1 is 1.42 bits per heavy atom. The number of carbonyl (C=O) groups excluding carboxylic acids is 1. The van der Waals surface area contributed by atoms with Gasteiger partial charge >= 0.3 is 0 Å². The van der Waals surface area contributed by atoms with E-state index >= 15 is 0 Å². The summed E-state index contributed by atoms with van der Waals surface area (Å²) in [7, 11) is 0. The lowest BCUT2D eigenvalue weighted by atomic mass is 10.0. The number of nitrogens with one attached hydrogen (secondary N) is 2. The van der Waals surface area contributed by atoms with Crippen LogP contribution in [0, 0.1) is 5.92 Å². The monoisotopic (exact) mass is 191 g/mol. The second-order valence-electron chi connectivity index (χ2n) is 3.11. The fraction of sp³-hybridized carbons (Fsp3) is 0.857. The largest absolute Gasteiger partial charge is 0.315 e. The molecule has 0 atom stereocenters. The normalized spacial score (nSPS) is 23.2. The third kappa shape index (κ3) is 1.71. The van der Waals surface area contributed by atoms with E-state index in [-0.39, 0.29) is 24.2 Å². The summed E-state index contributed by atoms with van der Waals surface area (Å²) >= 11 is 0. The Morgan fingerprint density at radius 2 is 2.17 bits per heavy atom. The van der Waals surface area contributed by atoms with Crippen LogP contribution in [-0.2, 0) is 4.79 Å². The van der Waals surface area contributed by atoms with Crippen molar-refractivity contribution in [3.05, 3.63) is 0 Å². The Bertz CT molecular complexity index is 166. The summed E-state index contributed by atoms with van der Waals surface area (Å²) in [5, 5.41) is 4.85. The molecule has 0 aliphatic carbocycles. The van der Waals surface area contributed by atoms with E-state index in [1.54, 1.807) is 5.01 Å². The molecule has 2 rings (SSSR count). The fourth-order valence-electron chi connectivity index (χ4n) is 1.40. The second kappa shape index (κ2) is 4.07. The van der Waals surface area contributed by atoms with Gasteiger partial charge in [0, 0.05) is 26.2 Å². The zero-order chi connectivity index (χ0) is 7.68. The first-order chi connectivity index (χ1) is 5.38. The van der Waals surface area contributed by atoms with Crippen molar-refractivity contribution < 1.29 is 4.79 Å². The number of nitrogens with zero attached hydrogens (tertiary/aromatic N) is 1. The lowest BCUT2D eigenvalue weighted by Crippen LogP contribution is -2.53. The molecule has 70 valence electrons. The van der Waals surface area contributed by atoms with Crippen LogP contribution in [0.5, 0.6) is 0 Å². The predicted molar refractivity (Wildman–Crippen MR) is 47.9 cm³/mol. The molecule has 5 heteroatoms. The summed E-state index contributed by atoms with van der Waals surface area (Å²) in [6.07, 6.45) is 1.09. The van der Waals surface area contributed by atoms with Gasteiger partial charge in [-0.05, 0) is 6.42 Å². The van der Waals surface area contributed by atoms with Gasteiger partial charge in [0.15, 0.2) is 0 Å². The molecule has 0 aromatic heterocycles. The summed E-state index contributed by atoms with van der Waals surface area (Å²) in [6, 6.07) is 0. The summed E-state index contributed by atoms with van der Waals surface area (Å²) in [5.41, 5.74) is 3.06. The highest BCUT2D eigenvalue weighted by molar-refractivity contribution is 5.85. The van der Waals surface area contributed by atoms with E-state index in [0.29, 0.717) is 0 Å². The summed E-state index contributed by atoms with van der Waals surface area (Å²) in [4.78, 5) is 11.5. The van der Waals surface area contributed by atoms with Crippen LogP contribution in [0.15, 0.2) is 0 Å². The first-order valence-corrected chi connectivity index (χ1v) is 4.13. The Morgan fingerprint density at radius 3 is 2.58 bits per heavy atom. The first-order valence-electron chi connectivity index (χ1n) is 4.13. The van der Waals surface area contributed by atoms with Crippen LogP contribution in [0.25, 0.3) is 0 Å². The second-order valence-corrected chi connectivity index (χ2v) is 3.11. The zero-order valence-electron chi connectivity index (χ0n) is 6.88. The molecule has 0 bridgehead atoms. The fourth-order valence-corrected chi connectivity index (χ4v) is 1.40. The highest BCUT2D eigenvalue weighted by Crippen LogP contribution is 2.08. The van der Waals surface area contributed by atoms with Crippen LogP contribution < -0.4 is 10.7 Å². The molecule has 0 unspecified atom stereocenters. The molecule has 2 heterocycles. The number of hydrazine groups is 1. The van der Waals surface area contributed by atoms with Crippen molar-refractivity contribution in [2.24, 2.45) is 5.92 Å². The Hall–Kier alpha value is -0.320. The van der Waals surface area contributed by atoms with Gasteiger partial charge in [-0.1, -0.05) is 0 Å². The smallest absolute Gasteiger partial charge is 0.242 e. The molecule has 2 aliphatic rings. The van der Waals surface area contributed by atoms with Crippen LogP contribution in [0.2, 0.25) is 0 Å². The van der Waals surface area contributed by atoms with Crippen LogP contribution in [0.4, 0.5) is 0 Å². The van der Waals surface area contributed by atoms with Gasteiger partial charge in [-0.15, -0.1) is 12.4 Å². The number of halogens is 1. The van der Waals surface area contributed by atoms with Gasteiger partial charge in [-0.2, -0.15) is 0 Å². The molecule has 2 N–H and O–H groups in total. The molecule has 0 spiro atoms. The van der Waals surface area contributed by atoms with Crippen molar-refractivity contribution in [2.75, 3.05) is 26.2 Å². The molecule has 2 saturated heterocycles. The highest BCUT2D eigenvalue weighted by atomic mass is 35.5. The Labute approximate surface area is 78.1 Å². The van der Waals surface area contributed by atoms with E-state index in [1.165, 1.54) is 0 Å². The Balaban J connectivity index is 0.000000720. The van der Waals surface area contributed by atoms with E-state index in [9.17, 15) is 4.79 Å². The summed E-state index contributed by atoms with van der Waals surface area (Å²) < 4.78 is 0. The zero-order valence-corrected chi connectivity index (χ0v) is 7.69. The molecule has 0 aromatic carbocycles. The average Bonchev–Trinajstić information content (AvgIpc) is 2.32.